The topological polar surface area (TPSA) is 44.7 Å². The zero-order valence-corrected chi connectivity index (χ0v) is 10.6. The minimum atomic E-state index is 0.279. The molecule has 0 aromatic heterocycles. The van der Waals surface area contributed by atoms with Crippen molar-refractivity contribution in [3.8, 4) is 0 Å². The number of ether oxygens (including phenoxy) is 1. The molecule has 1 atom stereocenters. The number of methoxy groups -OCH3 is 1. The van der Waals surface area contributed by atoms with E-state index < -0.39 is 0 Å². The van der Waals surface area contributed by atoms with Crippen molar-refractivity contribution < 1.29 is 9.84 Å². The lowest BCUT2D eigenvalue weighted by molar-refractivity contribution is 0.123. The molecule has 0 radical (unpaired) electrons. The monoisotopic (exact) mass is 230 g/mol. The Hall–Kier alpha value is -0.160. The second-order valence-corrected chi connectivity index (χ2v) is 4.69. The first-order valence-corrected chi connectivity index (χ1v) is 6.34. The predicted octanol–water partition coefficient (Wildman–Crippen LogP) is 0.458. The van der Waals surface area contributed by atoms with E-state index in [4.69, 9.17) is 9.84 Å². The highest BCUT2D eigenvalue weighted by Gasteiger charge is 2.19. The maximum Gasteiger partial charge on any atom is 0.0589 e. The lowest BCUT2D eigenvalue weighted by Crippen LogP contribution is -2.46. The fourth-order valence-electron chi connectivity index (χ4n) is 2.22. The van der Waals surface area contributed by atoms with Crippen LogP contribution in [-0.4, -0.2) is 62.0 Å². The molecule has 2 N–H and O–H groups in total. The van der Waals surface area contributed by atoms with Gasteiger partial charge < -0.3 is 20.1 Å². The number of hydrogen-bond acceptors (Lipinski definition) is 4. The first-order valence-electron chi connectivity index (χ1n) is 6.34. The van der Waals surface area contributed by atoms with Crippen LogP contribution in [0.4, 0.5) is 0 Å². The fraction of sp³-hybridized carbons (Fsp3) is 1.00. The number of likely N-dealkylation sites (tertiary alicyclic amines) is 1. The van der Waals surface area contributed by atoms with Gasteiger partial charge in [-0.1, -0.05) is 0 Å². The number of rotatable bonds is 7. The molecule has 0 bridgehead atoms. The van der Waals surface area contributed by atoms with E-state index >= 15 is 0 Å². The average molecular weight is 230 g/mol. The zero-order chi connectivity index (χ0) is 11.8. The van der Waals surface area contributed by atoms with Gasteiger partial charge in [0.15, 0.2) is 0 Å². The fourth-order valence-corrected chi connectivity index (χ4v) is 2.22. The summed E-state index contributed by atoms with van der Waals surface area (Å²) in [5.74, 6) is 0. The quantitative estimate of drug-likeness (QED) is 0.667. The standard InChI is InChI=1S/C12H26N2O2/c1-11(5-9-15)13-12-3-6-14(7-4-12)8-10-16-2/h11-13,15H,3-10H2,1-2H3. The summed E-state index contributed by atoms with van der Waals surface area (Å²) in [4.78, 5) is 2.46. The SMILES string of the molecule is COCCN1CCC(NC(C)CCO)CC1. The van der Waals surface area contributed by atoms with Crippen molar-refractivity contribution in [2.45, 2.75) is 38.3 Å². The molecule has 4 nitrogen and oxygen atoms in total. The molecule has 0 saturated carbocycles. The Balaban J connectivity index is 2.11. The lowest BCUT2D eigenvalue weighted by atomic mass is 10.0. The Kier molecular flexibility index (Phi) is 6.96. The van der Waals surface area contributed by atoms with Gasteiger partial charge in [-0.25, -0.2) is 0 Å². The Morgan fingerprint density at radius 2 is 2.12 bits per heavy atom. The van der Waals surface area contributed by atoms with Crippen LogP contribution < -0.4 is 5.32 Å². The van der Waals surface area contributed by atoms with E-state index in [1.54, 1.807) is 7.11 Å². The van der Waals surface area contributed by atoms with Crippen molar-refractivity contribution >= 4 is 0 Å². The number of hydrogen-bond donors (Lipinski definition) is 2. The van der Waals surface area contributed by atoms with Crippen LogP contribution >= 0.6 is 0 Å². The van der Waals surface area contributed by atoms with Gasteiger partial charge in [0.2, 0.25) is 0 Å². The van der Waals surface area contributed by atoms with Gasteiger partial charge in [-0.2, -0.15) is 0 Å². The third kappa shape index (κ3) is 5.25. The Labute approximate surface area is 99.0 Å². The van der Waals surface area contributed by atoms with E-state index in [1.165, 1.54) is 12.8 Å². The summed E-state index contributed by atoms with van der Waals surface area (Å²) in [6, 6.07) is 1.06. The van der Waals surface area contributed by atoms with Crippen LogP contribution in [0.25, 0.3) is 0 Å². The van der Waals surface area contributed by atoms with E-state index in [2.05, 4.69) is 17.1 Å². The number of nitrogens with zero attached hydrogens (tertiary/aromatic N) is 1. The van der Waals surface area contributed by atoms with Gasteiger partial charge in [0, 0.05) is 32.3 Å². The first kappa shape index (κ1) is 13.9. The van der Waals surface area contributed by atoms with Gasteiger partial charge >= 0.3 is 0 Å². The first-order chi connectivity index (χ1) is 7.76. The summed E-state index contributed by atoms with van der Waals surface area (Å²) in [6.07, 6.45) is 3.27. The van der Waals surface area contributed by atoms with Gasteiger partial charge in [-0.15, -0.1) is 0 Å². The van der Waals surface area contributed by atoms with Crippen molar-refractivity contribution in [3.05, 3.63) is 0 Å². The number of piperidine rings is 1. The Bertz CT molecular complexity index is 170. The molecule has 0 aromatic rings. The molecule has 1 fully saturated rings. The highest BCUT2D eigenvalue weighted by atomic mass is 16.5. The highest BCUT2D eigenvalue weighted by molar-refractivity contribution is 4.79. The average Bonchev–Trinajstić information content (AvgIpc) is 2.28. The molecular formula is C12H26N2O2. The number of aliphatic hydroxyl groups is 1. The molecule has 0 amide bonds. The van der Waals surface area contributed by atoms with E-state index in [0.29, 0.717) is 12.1 Å². The lowest BCUT2D eigenvalue weighted by Gasteiger charge is -2.33. The van der Waals surface area contributed by atoms with Crippen molar-refractivity contribution in [1.82, 2.24) is 10.2 Å². The van der Waals surface area contributed by atoms with Gasteiger partial charge in [0.05, 0.1) is 6.61 Å². The van der Waals surface area contributed by atoms with Crippen molar-refractivity contribution in [3.63, 3.8) is 0 Å². The van der Waals surface area contributed by atoms with E-state index in [-0.39, 0.29) is 6.61 Å². The van der Waals surface area contributed by atoms with Gasteiger partial charge in [-0.05, 0) is 39.3 Å². The molecule has 0 spiro atoms. The molecule has 96 valence electrons. The zero-order valence-electron chi connectivity index (χ0n) is 10.6. The van der Waals surface area contributed by atoms with Crippen LogP contribution in [0.15, 0.2) is 0 Å². The molecule has 0 aliphatic carbocycles. The summed E-state index contributed by atoms with van der Waals surface area (Å²) in [5, 5.41) is 12.4. The van der Waals surface area contributed by atoms with E-state index in [0.717, 1.165) is 32.7 Å². The summed E-state index contributed by atoms with van der Waals surface area (Å²) in [7, 11) is 1.75. The third-order valence-corrected chi connectivity index (χ3v) is 3.28. The molecule has 4 heteroatoms. The second-order valence-electron chi connectivity index (χ2n) is 4.69. The molecule has 16 heavy (non-hydrogen) atoms. The smallest absolute Gasteiger partial charge is 0.0589 e. The molecule has 1 saturated heterocycles. The second kappa shape index (κ2) is 8.01. The van der Waals surface area contributed by atoms with E-state index in [1.807, 2.05) is 0 Å². The van der Waals surface area contributed by atoms with Crippen LogP contribution in [0.3, 0.4) is 0 Å². The molecule has 0 aromatic carbocycles. The summed E-state index contributed by atoms with van der Waals surface area (Å²) < 4.78 is 5.08. The molecule has 1 rings (SSSR count). The maximum atomic E-state index is 8.84. The van der Waals surface area contributed by atoms with E-state index in [9.17, 15) is 0 Å². The molecule has 1 heterocycles. The normalized spacial score (nSPS) is 21.2. The molecule has 1 aliphatic rings. The number of aliphatic hydroxyl groups excluding tert-OH is 1. The summed E-state index contributed by atoms with van der Waals surface area (Å²) in [5.41, 5.74) is 0. The number of nitrogens with one attached hydrogen (secondary N) is 1. The van der Waals surface area contributed by atoms with Crippen LogP contribution in [0, 0.1) is 0 Å². The van der Waals surface area contributed by atoms with Crippen LogP contribution in [0.5, 0.6) is 0 Å². The third-order valence-electron chi connectivity index (χ3n) is 3.28. The summed E-state index contributed by atoms with van der Waals surface area (Å²) >= 11 is 0. The largest absolute Gasteiger partial charge is 0.396 e. The molecular weight excluding hydrogens is 204 g/mol. The molecule has 1 aliphatic heterocycles. The predicted molar refractivity (Wildman–Crippen MR) is 65.6 cm³/mol. The van der Waals surface area contributed by atoms with Crippen molar-refractivity contribution in [2.24, 2.45) is 0 Å². The van der Waals surface area contributed by atoms with Crippen LogP contribution in [-0.2, 0) is 4.74 Å². The van der Waals surface area contributed by atoms with Crippen molar-refractivity contribution in [1.29, 1.82) is 0 Å². The minimum Gasteiger partial charge on any atom is -0.396 e. The van der Waals surface area contributed by atoms with Gasteiger partial charge in [0.25, 0.3) is 0 Å². The maximum absolute atomic E-state index is 8.84. The van der Waals surface area contributed by atoms with Crippen molar-refractivity contribution in [2.75, 3.05) is 40.0 Å². The van der Waals surface area contributed by atoms with Crippen LogP contribution in [0.1, 0.15) is 26.2 Å². The Morgan fingerprint density at radius 3 is 2.69 bits per heavy atom. The Morgan fingerprint density at radius 1 is 1.44 bits per heavy atom. The minimum absolute atomic E-state index is 0.279. The highest BCUT2D eigenvalue weighted by Crippen LogP contribution is 2.11. The van der Waals surface area contributed by atoms with Gasteiger partial charge in [0.1, 0.15) is 0 Å². The summed E-state index contributed by atoms with van der Waals surface area (Å²) in [6.45, 7) is 6.63. The van der Waals surface area contributed by atoms with Crippen LogP contribution in [0.2, 0.25) is 0 Å². The van der Waals surface area contributed by atoms with Gasteiger partial charge in [-0.3, -0.25) is 0 Å². The molecule has 1 unspecified atom stereocenters.